The van der Waals surface area contributed by atoms with Gasteiger partial charge in [0.05, 0.1) is 18.2 Å². The van der Waals surface area contributed by atoms with Crippen molar-refractivity contribution in [2.75, 3.05) is 23.8 Å². The fourth-order valence-electron chi connectivity index (χ4n) is 2.16. The van der Waals surface area contributed by atoms with Gasteiger partial charge in [-0.05, 0) is 49.2 Å². The predicted molar refractivity (Wildman–Crippen MR) is 98.9 cm³/mol. The first-order chi connectivity index (χ1) is 12.6. The van der Waals surface area contributed by atoms with Gasteiger partial charge in [0.1, 0.15) is 0 Å². The van der Waals surface area contributed by atoms with Gasteiger partial charge in [-0.15, -0.1) is 0 Å². The number of carbonyl (C=O) groups excluding carboxylic acids is 2. The first-order valence-corrected chi connectivity index (χ1v) is 8.12. The van der Waals surface area contributed by atoms with Crippen molar-refractivity contribution < 1.29 is 14.3 Å². The number of carbonyl (C=O) groups is 2. The van der Waals surface area contributed by atoms with E-state index in [1.807, 2.05) is 31.2 Å². The number of anilines is 2. The van der Waals surface area contributed by atoms with E-state index in [1.165, 1.54) is 0 Å². The molecule has 7 nitrogen and oxygen atoms in total. The van der Waals surface area contributed by atoms with Crippen LogP contribution >= 0.6 is 0 Å². The minimum atomic E-state index is -0.607. The summed E-state index contributed by atoms with van der Waals surface area (Å²) < 4.78 is 5.03. The van der Waals surface area contributed by atoms with Gasteiger partial charge in [0.25, 0.3) is 0 Å². The molecule has 0 unspecified atom stereocenters. The van der Waals surface area contributed by atoms with Crippen LogP contribution in [0.3, 0.4) is 0 Å². The molecule has 0 heterocycles. The number of aryl methyl sites for hydroxylation is 1. The lowest BCUT2D eigenvalue weighted by atomic mass is 10.2. The topological polar surface area (TPSA) is 103 Å². The highest BCUT2D eigenvalue weighted by Gasteiger charge is 2.05. The first kappa shape index (κ1) is 18.8. The monoisotopic (exact) mass is 352 g/mol. The quantitative estimate of drug-likeness (QED) is 0.691. The van der Waals surface area contributed by atoms with Crippen LogP contribution in [0, 0.1) is 18.3 Å². The molecule has 0 saturated heterocycles. The number of rotatable bonds is 6. The minimum Gasteiger partial charge on any atom is -0.449 e. The number of benzene rings is 2. The van der Waals surface area contributed by atoms with Gasteiger partial charge in [-0.25, -0.2) is 9.59 Å². The Morgan fingerprint density at radius 2 is 1.81 bits per heavy atom. The van der Waals surface area contributed by atoms with Crippen LogP contribution in [0.2, 0.25) is 0 Å². The molecule has 26 heavy (non-hydrogen) atoms. The van der Waals surface area contributed by atoms with E-state index in [2.05, 4.69) is 16.0 Å². The van der Waals surface area contributed by atoms with Gasteiger partial charge in [-0.1, -0.05) is 18.2 Å². The van der Waals surface area contributed by atoms with Crippen LogP contribution in [-0.4, -0.2) is 25.3 Å². The maximum atomic E-state index is 11.8. The second kappa shape index (κ2) is 9.69. The average Bonchev–Trinajstić information content (AvgIpc) is 2.61. The second-order valence-electron chi connectivity index (χ2n) is 5.56. The van der Waals surface area contributed by atoms with E-state index in [1.54, 1.807) is 30.3 Å². The van der Waals surface area contributed by atoms with Crippen LogP contribution in [0.4, 0.5) is 21.0 Å². The molecule has 0 radical (unpaired) electrons. The first-order valence-electron chi connectivity index (χ1n) is 8.12. The Hall–Kier alpha value is -3.53. The molecule has 3 amide bonds. The highest BCUT2D eigenvalue weighted by Crippen LogP contribution is 2.10. The molecule has 2 aromatic carbocycles. The molecule has 0 aliphatic rings. The van der Waals surface area contributed by atoms with E-state index in [0.29, 0.717) is 24.2 Å². The molecule has 0 aromatic heterocycles. The summed E-state index contributed by atoms with van der Waals surface area (Å²) in [6, 6.07) is 15.7. The molecule has 134 valence electrons. The van der Waals surface area contributed by atoms with E-state index in [-0.39, 0.29) is 12.6 Å². The summed E-state index contributed by atoms with van der Waals surface area (Å²) in [7, 11) is 0. The maximum absolute atomic E-state index is 11.8. The van der Waals surface area contributed by atoms with Gasteiger partial charge < -0.3 is 15.4 Å². The van der Waals surface area contributed by atoms with Crippen molar-refractivity contribution in [3.8, 4) is 6.07 Å². The van der Waals surface area contributed by atoms with Crippen LogP contribution in [0.1, 0.15) is 17.5 Å². The molecule has 3 N–H and O–H groups in total. The third kappa shape index (κ3) is 6.53. The molecule has 0 aliphatic carbocycles. The SMILES string of the molecule is Cc1cccc(NC(=O)NCCCOC(=O)Nc2cccc(C#N)c2)c1. The minimum absolute atomic E-state index is 0.161. The number of nitrogens with one attached hydrogen (secondary N) is 3. The zero-order chi connectivity index (χ0) is 18.8. The molecular formula is C19H20N4O3. The Morgan fingerprint density at radius 1 is 1.08 bits per heavy atom. The molecular weight excluding hydrogens is 332 g/mol. The lowest BCUT2D eigenvalue weighted by molar-refractivity contribution is 0.160. The van der Waals surface area contributed by atoms with Crippen molar-refractivity contribution in [2.24, 2.45) is 0 Å². The zero-order valence-electron chi connectivity index (χ0n) is 14.4. The standard InChI is InChI=1S/C19H20N4O3/c1-14-5-2-7-16(11-14)22-18(24)21-9-4-10-26-19(25)23-17-8-3-6-15(12-17)13-20/h2-3,5-8,11-12H,4,9-10H2,1H3,(H,23,25)(H2,21,22,24). The van der Waals surface area contributed by atoms with Gasteiger partial charge in [-0.2, -0.15) is 5.26 Å². The van der Waals surface area contributed by atoms with Crippen molar-refractivity contribution in [3.05, 3.63) is 59.7 Å². The molecule has 0 spiro atoms. The van der Waals surface area contributed by atoms with E-state index in [9.17, 15) is 9.59 Å². The molecule has 0 aliphatic heterocycles. The summed E-state index contributed by atoms with van der Waals surface area (Å²) in [5.41, 5.74) is 2.72. The Balaban J connectivity index is 1.61. The van der Waals surface area contributed by atoms with E-state index >= 15 is 0 Å². The number of hydrogen-bond donors (Lipinski definition) is 3. The van der Waals surface area contributed by atoms with Gasteiger partial charge in [-0.3, -0.25) is 5.32 Å². The third-order valence-electron chi connectivity index (χ3n) is 3.35. The summed E-state index contributed by atoms with van der Waals surface area (Å²) in [5, 5.41) is 16.8. The Morgan fingerprint density at radius 3 is 2.54 bits per heavy atom. The summed E-state index contributed by atoms with van der Waals surface area (Å²) in [5.74, 6) is 0. The lowest BCUT2D eigenvalue weighted by Crippen LogP contribution is -2.30. The number of amides is 3. The lowest BCUT2D eigenvalue weighted by Gasteiger charge is -2.09. The van der Waals surface area contributed by atoms with Gasteiger partial charge >= 0.3 is 12.1 Å². The smallest absolute Gasteiger partial charge is 0.411 e. The van der Waals surface area contributed by atoms with Gasteiger partial charge in [0, 0.05) is 17.9 Å². The van der Waals surface area contributed by atoms with Gasteiger partial charge in [0.2, 0.25) is 0 Å². The number of urea groups is 1. The highest BCUT2D eigenvalue weighted by atomic mass is 16.5. The number of ether oxygens (including phenoxy) is 1. The zero-order valence-corrected chi connectivity index (χ0v) is 14.4. The number of hydrogen-bond acceptors (Lipinski definition) is 4. The molecule has 2 rings (SSSR count). The second-order valence-corrected chi connectivity index (χ2v) is 5.56. The molecule has 0 saturated carbocycles. The third-order valence-corrected chi connectivity index (χ3v) is 3.35. The number of nitriles is 1. The Bertz CT molecular complexity index is 814. The van der Waals surface area contributed by atoms with Crippen molar-refractivity contribution in [2.45, 2.75) is 13.3 Å². The summed E-state index contributed by atoms with van der Waals surface area (Å²) in [6.45, 7) is 2.48. The molecule has 0 fully saturated rings. The predicted octanol–water partition coefficient (Wildman–Crippen LogP) is 3.63. The fraction of sp³-hybridized carbons (Fsp3) is 0.211. The fourth-order valence-corrected chi connectivity index (χ4v) is 2.16. The Labute approximate surface area is 152 Å². The van der Waals surface area contributed by atoms with Crippen LogP contribution in [0.15, 0.2) is 48.5 Å². The van der Waals surface area contributed by atoms with Crippen LogP contribution in [-0.2, 0) is 4.74 Å². The number of nitrogens with zero attached hydrogens (tertiary/aromatic N) is 1. The van der Waals surface area contributed by atoms with Crippen LogP contribution < -0.4 is 16.0 Å². The Kier molecular flexibility index (Phi) is 7.01. The average molecular weight is 352 g/mol. The molecule has 2 aromatic rings. The summed E-state index contributed by atoms with van der Waals surface area (Å²) in [6.07, 6.45) is -0.128. The van der Waals surface area contributed by atoms with Crippen LogP contribution in [0.25, 0.3) is 0 Å². The van der Waals surface area contributed by atoms with Crippen molar-refractivity contribution in [3.63, 3.8) is 0 Å². The van der Waals surface area contributed by atoms with Gasteiger partial charge in [0.15, 0.2) is 0 Å². The van der Waals surface area contributed by atoms with E-state index < -0.39 is 6.09 Å². The van der Waals surface area contributed by atoms with E-state index in [0.717, 1.165) is 11.3 Å². The highest BCUT2D eigenvalue weighted by molar-refractivity contribution is 5.89. The normalized spacial score (nSPS) is 9.69. The summed E-state index contributed by atoms with van der Waals surface area (Å²) in [4.78, 5) is 23.4. The maximum Gasteiger partial charge on any atom is 0.411 e. The van der Waals surface area contributed by atoms with Crippen molar-refractivity contribution in [1.82, 2.24) is 5.32 Å². The largest absolute Gasteiger partial charge is 0.449 e. The molecule has 7 heteroatoms. The summed E-state index contributed by atoms with van der Waals surface area (Å²) >= 11 is 0. The van der Waals surface area contributed by atoms with Crippen LogP contribution in [0.5, 0.6) is 0 Å². The molecule has 0 bridgehead atoms. The van der Waals surface area contributed by atoms with E-state index in [4.69, 9.17) is 10.00 Å². The molecule has 0 atom stereocenters. The van der Waals surface area contributed by atoms with Crippen molar-refractivity contribution in [1.29, 1.82) is 5.26 Å². The van der Waals surface area contributed by atoms with Crippen molar-refractivity contribution >= 4 is 23.5 Å².